The van der Waals surface area contributed by atoms with E-state index in [-0.39, 0.29) is 12.6 Å². The molecule has 21 heavy (non-hydrogen) atoms. The number of hydrogen-bond acceptors (Lipinski definition) is 2. The zero-order valence-electron chi connectivity index (χ0n) is 11.8. The number of rotatable bonds is 3. The number of nitrogens with zero attached hydrogens (tertiary/aromatic N) is 1. The number of likely N-dealkylation sites (tertiary alicyclic amines) is 1. The molecule has 1 aromatic carbocycles. The fraction of sp³-hybridized carbons (Fsp3) is 0.562. The van der Waals surface area contributed by atoms with E-state index in [1.807, 2.05) is 4.90 Å². The Bertz CT molecular complexity index is 549. The maximum absolute atomic E-state index is 13.8. The lowest BCUT2D eigenvalue weighted by molar-refractivity contribution is -0.142. The number of fused-ring (bicyclic) bond motifs is 1. The third-order valence-electron chi connectivity index (χ3n) is 4.87. The van der Waals surface area contributed by atoms with Crippen molar-refractivity contribution in [2.24, 2.45) is 5.92 Å². The van der Waals surface area contributed by atoms with E-state index < -0.39 is 23.6 Å². The van der Waals surface area contributed by atoms with Crippen LogP contribution in [0.2, 0.25) is 0 Å². The van der Waals surface area contributed by atoms with Crippen molar-refractivity contribution in [3.63, 3.8) is 0 Å². The van der Waals surface area contributed by atoms with E-state index in [0.29, 0.717) is 17.9 Å². The Balaban J connectivity index is 1.84. The van der Waals surface area contributed by atoms with Crippen LogP contribution < -0.4 is 0 Å². The van der Waals surface area contributed by atoms with Gasteiger partial charge in [-0.15, -0.1) is 0 Å². The molecular weight excluding hydrogens is 276 g/mol. The molecule has 2 fully saturated rings. The summed E-state index contributed by atoms with van der Waals surface area (Å²) < 4.78 is 26.8. The third kappa shape index (κ3) is 2.79. The van der Waals surface area contributed by atoms with Gasteiger partial charge in [0.25, 0.3) is 0 Å². The summed E-state index contributed by atoms with van der Waals surface area (Å²) in [6.07, 6.45) is 4.90. The van der Waals surface area contributed by atoms with Crippen LogP contribution in [-0.2, 0) is 11.3 Å². The first-order valence-electron chi connectivity index (χ1n) is 7.48. The average Bonchev–Trinajstić information content (AvgIpc) is 2.81. The van der Waals surface area contributed by atoms with Gasteiger partial charge in [-0.2, -0.15) is 0 Å². The van der Waals surface area contributed by atoms with Crippen molar-refractivity contribution >= 4 is 5.97 Å². The fourth-order valence-corrected chi connectivity index (χ4v) is 3.87. The maximum atomic E-state index is 13.8. The predicted molar refractivity (Wildman–Crippen MR) is 73.7 cm³/mol. The minimum atomic E-state index is -0.841. The Morgan fingerprint density at radius 1 is 1.29 bits per heavy atom. The number of aliphatic carboxylic acids is 1. The van der Waals surface area contributed by atoms with Crippen LogP contribution in [0.3, 0.4) is 0 Å². The summed E-state index contributed by atoms with van der Waals surface area (Å²) >= 11 is 0. The van der Waals surface area contributed by atoms with Crippen molar-refractivity contribution in [1.29, 1.82) is 0 Å². The Morgan fingerprint density at radius 2 is 2.05 bits per heavy atom. The normalized spacial score (nSPS) is 29.3. The van der Waals surface area contributed by atoms with E-state index in [1.54, 1.807) is 0 Å². The molecule has 3 nitrogen and oxygen atoms in total. The highest BCUT2D eigenvalue weighted by Gasteiger charge is 2.45. The first-order chi connectivity index (χ1) is 10.1. The first-order valence-corrected chi connectivity index (χ1v) is 7.48. The highest BCUT2D eigenvalue weighted by molar-refractivity contribution is 5.74. The highest BCUT2D eigenvalue weighted by Crippen LogP contribution is 2.40. The number of carboxylic acids is 1. The molecule has 0 unspecified atom stereocenters. The second-order valence-electron chi connectivity index (χ2n) is 6.11. The van der Waals surface area contributed by atoms with Gasteiger partial charge >= 0.3 is 5.97 Å². The van der Waals surface area contributed by atoms with Crippen LogP contribution in [0.15, 0.2) is 18.2 Å². The van der Waals surface area contributed by atoms with Crippen LogP contribution in [-0.4, -0.2) is 28.1 Å². The standard InChI is InChI=1S/C16H19F2NO2/c17-12-6-5-11(13(18)8-12)9-19-14-4-2-1-3-10(14)7-15(19)16(20)21/h5-6,8,10,14-15H,1-4,7,9H2,(H,20,21)/t10-,14-,15+/m1/s1. The summed E-state index contributed by atoms with van der Waals surface area (Å²) in [4.78, 5) is 13.4. The van der Waals surface area contributed by atoms with Crippen LogP contribution in [0.5, 0.6) is 0 Å². The Kier molecular flexibility index (Phi) is 3.93. The largest absolute Gasteiger partial charge is 0.480 e. The Labute approximate surface area is 122 Å². The van der Waals surface area contributed by atoms with Gasteiger partial charge in [-0.05, 0) is 31.2 Å². The van der Waals surface area contributed by atoms with Gasteiger partial charge in [-0.1, -0.05) is 18.9 Å². The molecule has 1 aromatic rings. The quantitative estimate of drug-likeness (QED) is 0.931. The van der Waals surface area contributed by atoms with E-state index in [9.17, 15) is 18.7 Å². The molecule has 5 heteroatoms. The lowest BCUT2D eigenvalue weighted by Crippen LogP contribution is -2.41. The molecule has 3 rings (SSSR count). The number of carboxylic acid groups (broad SMARTS) is 1. The summed E-state index contributed by atoms with van der Waals surface area (Å²) in [5.41, 5.74) is 0.369. The molecule has 3 atom stereocenters. The predicted octanol–water partition coefficient (Wildman–Crippen LogP) is 3.18. The van der Waals surface area contributed by atoms with Crippen molar-refractivity contribution in [1.82, 2.24) is 4.90 Å². The first kappa shape index (κ1) is 14.4. The molecule has 0 aromatic heterocycles. The summed E-state index contributed by atoms with van der Waals surface area (Å²) in [5, 5.41) is 9.43. The zero-order valence-corrected chi connectivity index (χ0v) is 11.8. The van der Waals surface area contributed by atoms with Crippen molar-refractivity contribution in [2.45, 2.75) is 50.7 Å². The van der Waals surface area contributed by atoms with Gasteiger partial charge in [0, 0.05) is 24.2 Å². The van der Waals surface area contributed by atoms with Crippen LogP contribution in [0, 0.1) is 17.6 Å². The van der Waals surface area contributed by atoms with E-state index >= 15 is 0 Å². The Morgan fingerprint density at radius 3 is 2.76 bits per heavy atom. The van der Waals surface area contributed by atoms with Gasteiger partial charge < -0.3 is 5.11 Å². The van der Waals surface area contributed by atoms with Gasteiger partial charge in [0.1, 0.15) is 17.7 Å². The molecule has 2 aliphatic rings. The number of benzene rings is 1. The summed E-state index contributed by atoms with van der Waals surface area (Å²) in [6.45, 7) is 0.240. The highest BCUT2D eigenvalue weighted by atomic mass is 19.1. The molecule has 1 saturated carbocycles. The monoisotopic (exact) mass is 295 g/mol. The molecular formula is C16H19F2NO2. The van der Waals surface area contributed by atoms with Crippen molar-refractivity contribution in [3.8, 4) is 0 Å². The number of carbonyl (C=O) groups is 1. The molecule has 114 valence electrons. The van der Waals surface area contributed by atoms with Gasteiger partial charge in [0.15, 0.2) is 0 Å². The lowest BCUT2D eigenvalue weighted by Gasteiger charge is -2.33. The van der Waals surface area contributed by atoms with Crippen LogP contribution in [0.25, 0.3) is 0 Å². The van der Waals surface area contributed by atoms with Gasteiger partial charge in [-0.3, -0.25) is 9.69 Å². The van der Waals surface area contributed by atoms with E-state index in [4.69, 9.17) is 0 Å². The smallest absolute Gasteiger partial charge is 0.320 e. The number of hydrogen-bond donors (Lipinski definition) is 1. The van der Waals surface area contributed by atoms with Gasteiger partial charge in [0.2, 0.25) is 0 Å². The second kappa shape index (κ2) is 5.72. The number of halogens is 2. The van der Waals surface area contributed by atoms with E-state index in [1.165, 1.54) is 12.1 Å². The van der Waals surface area contributed by atoms with Crippen molar-refractivity contribution < 1.29 is 18.7 Å². The van der Waals surface area contributed by atoms with Gasteiger partial charge in [0.05, 0.1) is 0 Å². The van der Waals surface area contributed by atoms with Crippen LogP contribution >= 0.6 is 0 Å². The molecule has 1 N–H and O–H groups in total. The lowest BCUT2D eigenvalue weighted by atomic mass is 9.84. The Hall–Kier alpha value is -1.49. The summed E-state index contributed by atoms with van der Waals surface area (Å²) in [7, 11) is 0. The molecule has 0 spiro atoms. The fourth-order valence-electron chi connectivity index (χ4n) is 3.87. The van der Waals surface area contributed by atoms with E-state index in [0.717, 1.165) is 31.7 Å². The van der Waals surface area contributed by atoms with E-state index in [2.05, 4.69) is 0 Å². The molecule has 0 bridgehead atoms. The molecule has 0 amide bonds. The molecule has 1 aliphatic heterocycles. The maximum Gasteiger partial charge on any atom is 0.320 e. The minimum Gasteiger partial charge on any atom is -0.480 e. The molecule has 0 radical (unpaired) electrons. The summed E-state index contributed by atoms with van der Waals surface area (Å²) in [5.74, 6) is -1.66. The van der Waals surface area contributed by atoms with Crippen LogP contribution in [0.1, 0.15) is 37.7 Å². The van der Waals surface area contributed by atoms with Crippen molar-refractivity contribution in [2.75, 3.05) is 0 Å². The topological polar surface area (TPSA) is 40.5 Å². The zero-order chi connectivity index (χ0) is 15.0. The van der Waals surface area contributed by atoms with Gasteiger partial charge in [-0.25, -0.2) is 8.78 Å². The minimum absolute atomic E-state index is 0.212. The third-order valence-corrected chi connectivity index (χ3v) is 4.87. The molecule has 1 aliphatic carbocycles. The van der Waals surface area contributed by atoms with Crippen LogP contribution in [0.4, 0.5) is 8.78 Å². The second-order valence-corrected chi connectivity index (χ2v) is 6.11. The molecule has 1 saturated heterocycles. The SMILES string of the molecule is O=C(O)[C@@H]1C[C@H]2CCCC[C@H]2N1Cc1ccc(F)cc1F. The van der Waals surface area contributed by atoms with Crippen molar-refractivity contribution in [3.05, 3.63) is 35.4 Å². The average molecular weight is 295 g/mol. The summed E-state index contributed by atoms with van der Waals surface area (Å²) in [6, 6.07) is 3.16. The molecule has 1 heterocycles.